The van der Waals surface area contributed by atoms with E-state index in [9.17, 15) is 0 Å². The molecule has 0 saturated carbocycles. The molecular formula is C12H21N5. The van der Waals surface area contributed by atoms with E-state index in [1.165, 1.54) is 25.9 Å². The van der Waals surface area contributed by atoms with Crippen molar-refractivity contribution < 1.29 is 0 Å². The summed E-state index contributed by atoms with van der Waals surface area (Å²) in [5.41, 5.74) is 12.8. The molecule has 2 rings (SSSR count). The van der Waals surface area contributed by atoms with Crippen LogP contribution in [0.4, 0.5) is 11.5 Å². The Morgan fingerprint density at radius 2 is 2.00 bits per heavy atom. The molecule has 0 atom stereocenters. The van der Waals surface area contributed by atoms with Crippen LogP contribution < -0.4 is 11.5 Å². The molecule has 1 saturated heterocycles. The average molecular weight is 235 g/mol. The maximum Gasteiger partial charge on any atom is 0.169 e. The number of piperidine rings is 1. The molecule has 1 aliphatic rings. The smallest absolute Gasteiger partial charge is 0.169 e. The molecule has 0 radical (unpaired) electrons. The Hall–Kier alpha value is -1.36. The summed E-state index contributed by atoms with van der Waals surface area (Å²) in [6.45, 7) is 5.76. The topological polar surface area (TPSA) is 81.1 Å². The molecule has 94 valence electrons. The quantitative estimate of drug-likeness (QED) is 0.814. The number of hydrogen-bond donors (Lipinski definition) is 2. The van der Waals surface area contributed by atoms with Crippen LogP contribution >= 0.6 is 0 Å². The number of nitrogens with zero attached hydrogens (tertiary/aromatic N) is 3. The molecule has 0 aromatic carbocycles. The number of anilines is 2. The van der Waals surface area contributed by atoms with Gasteiger partial charge in [0.05, 0.1) is 11.4 Å². The standard InChI is InChI=1S/C12H21N5/c1-2-17-5-3-9(4-6-17)7-10-8-11(13)12(14)16-15-10/h8-9H,2-7H2,1H3,(H2,13,15)(H2,14,16). The molecule has 1 aromatic rings. The van der Waals surface area contributed by atoms with Gasteiger partial charge in [-0.2, -0.15) is 5.10 Å². The van der Waals surface area contributed by atoms with Crippen molar-refractivity contribution in [3.63, 3.8) is 0 Å². The molecular weight excluding hydrogens is 214 g/mol. The van der Waals surface area contributed by atoms with Gasteiger partial charge >= 0.3 is 0 Å². The lowest BCUT2D eigenvalue weighted by Crippen LogP contribution is -2.34. The van der Waals surface area contributed by atoms with Crippen LogP contribution in [0.2, 0.25) is 0 Å². The van der Waals surface area contributed by atoms with E-state index in [0.29, 0.717) is 17.4 Å². The van der Waals surface area contributed by atoms with Crippen molar-refractivity contribution in [2.45, 2.75) is 26.2 Å². The summed E-state index contributed by atoms with van der Waals surface area (Å²) in [5, 5.41) is 7.97. The number of likely N-dealkylation sites (tertiary alicyclic amines) is 1. The normalized spacial score (nSPS) is 18.4. The van der Waals surface area contributed by atoms with Crippen molar-refractivity contribution in [2.24, 2.45) is 5.92 Å². The predicted octanol–water partition coefficient (Wildman–Crippen LogP) is 0.915. The number of nitrogens with two attached hydrogens (primary N) is 2. The molecule has 0 aliphatic carbocycles. The second-order valence-corrected chi connectivity index (χ2v) is 4.76. The molecule has 4 N–H and O–H groups in total. The van der Waals surface area contributed by atoms with E-state index in [0.717, 1.165) is 18.7 Å². The maximum absolute atomic E-state index is 5.73. The van der Waals surface area contributed by atoms with Gasteiger partial charge in [-0.3, -0.25) is 0 Å². The molecule has 1 fully saturated rings. The van der Waals surface area contributed by atoms with Crippen LogP contribution in [-0.4, -0.2) is 34.7 Å². The predicted molar refractivity (Wildman–Crippen MR) is 69.4 cm³/mol. The highest BCUT2D eigenvalue weighted by Crippen LogP contribution is 2.21. The first-order valence-corrected chi connectivity index (χ1v) is 6.29. The zero-order chi connectivity index (χ0) is 12.3. The van der Waals surface area contributed by atoms with E-state index >= 15 is 0 Å². The largest absolute Gasteiger partial charge is 0.396 e. The average Bonchev–Trinajstić information content (AvgIpc) is 2.35. The molecule has 5 nitrogen and oxygen atoms in total. The van der Waals surface area contributed by atoms with Gasteiger partial charge < -0.3 is 16.4 Å². The summed E-state index contributed by atoms with van der Waals surface area (Å²) < 4.78 is 0. The second kappa shape index (κ2) is 5.31. The Labute approximate surface area is 102 Å². The van der Waals surface area contributed by atoms with Crippen LogP contribution in [0.3, 0.4) is 0 Å². The van der Waals surface area contributed by atoms with Crippen LogP contribution in [0, 0.1) is 5.92 Å². The summed E-state index contributed by atoms with van der Waals surface area (Å²) in [7, 11) is 0. The van der Waals surface area contributed by atoms with Gasteiger partial charge in [-0.15, -0.1) is 5.10 Å². The number of rotatable bonds is 3. The third-order valence-corrected chi connectivity index (χ3v) is 3.56. The molecule has 0 amide bonds. The fourth-order valence-electron chi connectivity index (χ4n) is 2.36. The summed E-state index contributed by atoms with van der Waals surface area (Å²) in [6.07, 6.45) is 3.44. The van der Waals surface area contributed by atoms with Crippen LogP contribution in [-0.2, 0) is 6.42 Å². The van der Waals surface area contributed by atoms with Gasteiger partial charge in [0.2, 0.25) is 0 Å². The molecule has 0 bridgehead atoms. The van der Waals surface area contributed by atoms with Crippen LogP contribution in [0.15, 0.2) is 6.07 Å². The lowest BCUT2D eigenvalue weighted by molar-refractivity contribution is 0.191. The number of aromatic nitrogens is 2. The minimum absolute atomic E-state index is 0.328. The van der Waals surface area contributed by atoms with E-state index in [1.54, 1.807) is 0 Å². The van der Waals surface area contributed by atoms with Crippen LogP contribution in [0.1, 0.15) is 25.5 Å². The van der Waals surface area contributed by atoms with E-state index in [4.69, 9.17) is 11.5 Å². The molecule has 1 aromatic heterocycles. The Kier molecular flexibility index (Phi) is 3.78. The molecule has 1 aliphatic heterocycles. The first-order valence-electron chi connectivity index (χ1n) is 6.29. The number of hydrogen-bond acceptors (Lipinski definition) is 5. The Morgan fingerprint density at radius 3 is 2.59 bits per heavy atom. The van der Waals surface area contributed by atoms with Crippen molar-refractivity contribution in [3.8, 4) is 0 Å². The van der Waals surface area contributed by atoms with Crippen molar-refractivity contribution in [3.05, 3.63) is 11.8 Å². The maximum atomic E-state index is 5.73. The first-order chi connectivity index (χ1) is 8.19. The van der Waals surface area contributed by atoms with Crippen molar-refractivity contribution >= 4 is 11.5 Å². The van der Waals surface area contributed by atoms with Gasteiger partial charge in [-0.05, 0) is 50.9 Å². The summed E-state index contributed by atoms with van der Waals surface area (Å²) >= 11 is 0. The zero-order valence-corrected chi connectivity index (χ0v) is 10.4. The third kappa shape index (κ3) is 3.06. The van der Waals surface area contributed by atoms with E-state index in [-0.39, 0.29) is 0 Å². The highest BCUT2D eigenvalue weighted by Gasteiger charge is 2.19. The third-order valence-electron chi connectivity index (χ3n) is 3.56. The zero-order valence-electron chi connectivity index (χ0n) is 10.4. The highest BCUT2D eigenvalue weighted by atomic mass is 15.1. The lowest BCUT2D eigenvalue weighted by Gasteiger charge is -2.30. The molecule has 2 heterocycles. The fourth-order valence-corrected chi connectivity index (χ4v) is 2.36. The summed E-state index contributed by atoms with van der Waals surface area (Å²) in [4.78, 5) is 2.49. The SMILES string of the molecule is CCN1CCC(Cc2cc(N)c(N)nn2)CC1. The van der Waals surface area contributed by atoms with Crippen LogP contribution in [0.5, 0.6) is 0 Å². The van der Waals surface area contributed by atoms with Gasteiger partial charge in [0.25, 0.3) is 0 Å². The van der Waals surface area contributed by atoms with Gasteiger partial charge in [-0.1, -0.05) is 6.92 Å². The number of nitrogen functional groups attached to an aromatic ring is 2. The highest BCUT2D eigenvalue weighted by molar-refractivity contribution is 5.57. The molecule has 17 heavy (non-hydrogen) atoms. The van der Waals surface area contributed by atoms with E-state index in [1.807, 2.05) is 6.07 Å². The Bertz CT molecular complexity index is 371. The van der Waals surface area contributed by atoms with E-state index in [2.05, 4.69) is 22.0 Å². The summed E-state index contributed by atoms with van der Waals surface area (Å²) in [6, 6.07) is 1.86. The van der Waals surface area contributed by atoms with Crippen molar-refractivity contribution in [2.75, 3.05) is 31.1 Å². The lowest BCUT2D eigenvalue weighted by atomic mass is 9.92. The monoisotopic (exact) mass is 235 g/mol. The van der Waals surface area contributed by atoms with Crippen molar-refractivity contribution in [1.82, 2.24) is 15.1 Å². The van der Waals surface area contributed by atoms with Gasteiger partial charge in [0, 0.05) is 0 Å². The van der Waals surface area contributed by atoms with Gasteiger partial charge in [-0.25, -0.2) is 0 Å². The first kappa shape index (κ1) is 12.1. The minimum Gasteiger partial charge on any atom is -0.396 e. The van der Waals surface area contributed by atoms with Crippen molar-refractivity contribution in [1.29, 1.82) is 0 Å². The Balaban J connectivity index is 1.91. The Morgan fingerprint density at radius 1 is 1.29 bits per heavy atom. The molecule has 5 heteroatoms. The fraction of sp³-hybridized carbons (Fsp3) is 0.667. The summed E-state index contributed by atoms with van der Waals surface area (Å²) in [5.74, 6) is 1.03. The van der Waals surface area contributed by atoms with Gasteiger partial charge in [0.1, 0.15) is 0 Å². The van der Waals surface area contributed by atoms with Crippen LogP contribution in [0.25, 0.3) is 0 Å². The molecule has 0 unspecified atom stereocenters. The molecule has 0 spiro atoms. The minimum atomic E-state index is 0.328. The van der Waals surface area contributed by atoms with E-state index < -0.39 is 0 Å². The second-order valence-electron chi connectivity index (χ2n) is 4.76. The van der Waals surface area contributed by atoms with Gasteiger partial charge in [0.15, 0.2) is 5.82 Å².